The first-order chi connectivity index (χ1) is 14.0. The molecule has 0 aromatic carbocycles. The smallest absolute Gasteiger partial charge is 0.137 e. The van der Waals surface area contributed by atoms with Crippen molar-refractivity contribution in [3.63, 3.8) is 0 Å². The van der Waals surface area contributed by atoms with Gasteiger partial charge in [-0.25, -0.2) is 9.97 Å². The van der Waals surface area contributed by atoms with Gasteiger partial charge in [0.1, 0.15) is 35.7 Å². The molecule has 29 heavy (non-hydrogen) atoms. The Labute approximate surface area is 165 Å². The van der Waals surface area contributed by atoms with Crippen LogP contribution in [0.4, 0.5) is 0 Å². The van der Waals surface area contributed by atoms with E-state index < -0.39 is 30.5 Å². The standard InChI is InChI=1S/C20H22N4O5/c25-14(7-10-8-23-19-11(10)3-1-5-21-19)16(27)18(29)17(28)15(26)13-9-24-20-12(13)4-2-6-22-20/h1-6,8-9,14-18,25-29H,7H2,(H,21,23)(H,22,24)/t14-,15?,16-,17-,18+/m1/s1. The highest BCUT2D eigenvalue weighted by Crippen LogP contribution is 2.28. The van der Waals surface area contributed by atoms with Crippen LogP contribution in [-0.2, 0) is 6.42 Å². The first-order valence-corrected chi connectivity index (χ1v) is 9.20. The molecule has 0 aliphatic carbocycles. The molecule has 0 saturated carbocycles. The van der Waals surface area contributed by atoms with E-state index in [4.69, 9.17) is 0 Å². The van der Waals surface area contributed by atoms with E-state index in [1.165, 1.54) is 6.20 Å². The molecule has 0 amide bonds. The zero-order valence-corrected chi connectivity index (χ0v) is 15.3. The molecule has 0 radical (unpaired) electrons. The van der Waals surface area contributed by atoms with E-state index in [-0.39, 0.29) is 6.42 Å². The van der Waals surface area contributed by atoms with Crippen LogP contribution in [0.1, 0.15) is 17.2 Å². The summed E-state index contributed by atoms with van der Waals surface area (Å²) in [6, 6.07) is 6.98. The van der Waals surface area contributed by atoms with Crippen molar-refractivity contribution in [1.82, 2.24) is 19.9 Å². The Balaban J connectivity index is 1.48. The fourth-order valence-corrected chi connectivity index (χ4v) is 3.55. The van der Waals surface area contributed by atoms with Gasteiger partial charge in [-0.1, -0.05) is 0 Å². The number of aromatic amines is 2. The van der Waals surface area contributed by atoms with Crippen LogP contribution in [0.3, 0.4) is 0 Å². The molecule has 4 rings (SSSR count). The van der Waals surface area contributed by atoms with E-state index in [9.17, 15) is 25.5 Å². The van der Waals surface area contributed by atoms with Gasteiger partial charge in [-0.15, -0.1) is 0 Å². The summed E-state index contributed by atoms with van der Waals surface area (Å²) in [5.41, 5.74) is 2.22. The lowest BCUT2D eigenvalue weighted by molar-refractivity contribution is -0.134. The zero-order chi connectivity index (χ0) is 20.5. The van der Waals surface area contributed by atoms with Crippen LogP contribution >= 0.6 is 0 Å². The molecule has 0 fully saturated rings. The monoisotopic (exact) mass is 398 g/mol. The van der Waals surface area contributed by atoms with Gasteiger partial charge in [0.05, 0.1) is 6.10 Å². The van der Waals surface area contributed by atoms with Crippen molar-refractivity contribution >= 4 is 22.1 Å². The molecule has 5 atom stereocenters. The van der Waals surface area contributed by atoms with Crippen molar-refractivity contribution in [2.75, 3.05) is 0 Å². The van der Waals surface area contributed by atoms with Crippen LogP contribution in [-0.4, -0.2) is 69.9 Å². The molecule has 0 saturated heterocycles. The van der Waals surface area contributed by atoms with Crippen molar-refractivity contribution in [2.24, 2.45) is 0 Å². The number of aliphatic hydroxyl groups excluding tert-OH is 5. The molecule has 9 nitrogen and oxygen atoms in total. The lowest BCUT2D eigenvalue weighted by Gasteiger charge is -2.29. The Bertz CT molecular complexity index is 1110. The lowest BCUT2D eigenvalue weighted by atomic mass is 9.93. The summed E-state index contributed by atoms with van der Waals surface area (Å²) < 4.78 is 0. The van der Waals surface area contributed by atoms with Crippen molar-refractivity contribution in [1.29, 1.82) is 0 Å². The summed E-state index contributed by atoms with van der Waals surface area (Å²) in [5, 5.41) is 53.4. The van der Waals surface area contributed by atoms with E-state index in [1.54, 1.807) is 36.8 Å². The maximum absolute atomic E-state index is 10.5. The van der Waals surface area contributed by atoms with Crippen molar-refractivity contribution in [3.8, 4) is 0 Å². The number of rotatable bonds is 7. The molecule has 0 aliphatic rings. The number of fused-ring (bicyclic) bond motifs is 2. The quantitative estimate of drug-likeness (QED) is 0.233. The summed E-state index contributed by atoms with van der Waals surface area (Å²) in [6.45, 7) is 0. The highest BCUT2D eigenvalue weighted by molar-refractivity contribution is 5.80. The molecule has 0 spiro atoms. The molecule has 0 aliphatic heterocycles. The van der Waals surface area contributed by atoms with Gasteiger partial charge in [0, 0.05) is 47.5 Å². The molecule has 4 aromatic rings. The van der Waals surface area contributed by atoms with E-state index in [0.29, 0.717) is 27.8 Å². The molecule has 7 N–H and O–H groups in total. The Morgan fingerprint density at radius 3 is 2.10 bits per heavy atom. The number of hydrogen-bond acceptors (Lipinski definition) is 7. The predicted octanol–water partition coefficient (Wildman–Crippen LogP) is 0.159. The molecular formula is C20H22N4O5. The van der Waals surface area contributed by atoms with Gasteiger partial charge in [-0.05, 0) is 29.8 Å². The lowest BCUT2D eigenvalue weighted by Crippen LogP contribution is -2.47. The van der Waals surface area contributed by atoms with Crippen molar-refractivity contribution in [2.45, 2.75) is 36.9 Å². The first kappa shape index (κ1) is 19.5. The van der Waals surface area contributed by atoms with Crippen LogP contribution in [0.2, 0.25) is 0 Å². The second-order valence-corrected chi connectivity index (χ2v) is 7.05. The van der Waals surface area contributed by atoms with Crippen LogP contribution in [0.15, 0.2) is 49.1 Å². The van der Waals surface area contributed by atoms with Crippen LogP contribution in [0.25, 0.3) is 22.1 Å². The third kappa shape index (κ3) is 3.61. The molecular weight excluding hydrogens is 376 g/mol. The Morgan fingerprint density at radius 1 is 0.759 bits per heavy atom. The molecule has 0 bridgehead atoms. The van der Waals surface area contributed by atoms with Gasteiger partial charge < -0.3 is 35.5 Å². The number of pyridine rings is 2. The normalized spacial score (nSPS) is 17.3. The van der Waals surface area contributed by atoms with E-state index in [0.717, 1.165) is 5.39 Å². The zero-order valence-electron chi connectivity index (χ0n) is 15.3. The third-order valence-electron chi connectivity index (χ3n) is 5.19. The number of nitrogens with zero attached hydrogens (tertiary/aromatic N) is 2. The first-order valence-electron chi connectivity index (χ1n) is 9.20. The average molecular weight is 398 g/mol. The maximum Gasteiger partial charge on any atom is 0.137 e. The average Bonchev–Trinajstić information content (AvgIpc) is 3.36. The van der Waals surface area contributed by atoms with Crippen molar-refractivity contribution in [3.05, 3.63) is 60.2 Å². The van der Waals surface area contributed by atoms with Gasteiger partial charge in [-0.2, -0.15) is 0 Å². The van der Waals surface area contributed by atoms with Crippen LogP contribution in [0, 0.1) is 0 Å². The Morgan fingerprint density at radius 2 is 1.38 bits per heavy atom. The molecule has 4 heterocycles. The number of H-pyrrole nitrogens is 2. The number of nitrogens with one attached hydrogen (secondary N) is 2. The topological polar surface area (TPSA) is 159 Å². The van der Waals surface area contributed by atoms with E-state index >= 15 is 0 Å². The van der Waals surface area contributed by atoms with E-state index in [2.05, 4.69) is 19.9 Å². The number of aromatic nitrogens is 4. The summed E-state index contributed by atoms with van der Waals surface area (Å²) in [5.74, 6) is 0. The van der Waals surface area contributed by atoms with Gasteiger partial charge in [-0.3, -0.25) is 0 Å². The number of aliphatic hydroxyl groups is 5. The summed E-state index contributed by atoms with van der Waals surface area (Å²) in [4.78, 5) is 14.1. The largest absolute Gasteiger partial charge is 0.390 e. The SMILES string of the molecule is OC(c1c[nH]c2ncccc12)[C@@H](O)[C@@H](O)[C@H](O)[C@H](O)Cc1c[nH]c2ncccc12. The minimum atomic E-state index is -1.77. The molecule has 9 heteroatoms. The van der Waals surface area contributed by atoms with Gasteiger partial charge in [0.15, 0.2) is 0 Å². The van der Waals surface area contributed by atoms with Crippen LogP contribution in [0.5, 0.6) is 0 Å². The fourth-order valence-electron chi connectivity index (χ4n) is 3.55. The van der Waals surface area contributed by atoms with Crippen molar-refractivity contribution < 1.29 is 25.5 Å². The van der Waals surface area contributed by atoms with Gasteiger partial charge in [0.25, 0.3) is 0 Å². The highest BCUT2D eigenvalue weighted by atomic mass is 16.4. The highest BCUT2D eigenvalue weighted by Gasteiger charge is 2.36. The molecule has 152 valence electrons. The Hall–Kier alpha value is -2.82. The maximum atomic E-state index is 10.5. The summed E-state index contributed by atoms with van der Waals surface area (Å²) in [7, 11) is 0. The number of hydrogen-bond donors (Lipinski definition) is 7. The second-order valence-electron chi connectivity index (χ2n) is 7.05. The molecule has 4 aromatic heterocycles. The molecule has 1 unspecified atom stereocenters. The van der Waals surface area contributed by atoms with E-state index in [1.807, 2.05) is 6.07 Å². The van der Waals surface area contributed by atoms with Gasteiger partial charge >= 0.3 is 0 Å². The minimum Gasteiger partial charge on any atom is -0.390 e. The third-order valence-corrected chi connectivity index (χ3v) is 5.19. The van der Waals surface area contributed by atoms with Gasteiger partial charge in [0.2, 0.25) is 0 Å². The second kappa shape index (κ2) is 7.90. The summed E-state index contributed by atoms with van der Waals surface area (Å²) >= 11 is 0. The minimum absolute atomic E-state index is 0.0315. The Kier molecular flexibility index (Phi) is 5.31. The summed E-state index contributed by atoms with van der Waals surface area (Å²) in [6.07, 6.45) is -1.61. The predicted molar refractivity (Wildman–Crippen MR) is 105 cm³/mol. The van der Waals surface area contributed by atoms with Crippen LogP contribution < -0.4 is 0 Å². The fraction of sp³-hybridized carbons (Fsp3) is 0.300.